The van der Waals surface area contributed by atoms with Crippen molar-refractivity contribution in [2.75, 3.05) is 24.4 Å². The zero-order valence-electron chi connectivity index (χ0n) is 14.5. The number of amidine groups is 1. The molecule has 1 atom stereocenters. The Morgan fingerprint density at radius 1 is 1.00 bits per heavy atom. The van der Waals surface area contributed by atoms with E-state index in [0.29, 0.717) is 17.3 Å². The molecule has 3 aromatic rings. The average molecular weight is 349 g/mol. The first-order valence-corrected chi connectivity index (χ1v) is 8.22. The fourth-order valence-electron chi connectivity index (χ4n) is 3.19. The van der Waals surface area contributed by atoms with Gasteiger partial charge in [-0.25, -0.2) is 0 Å². The summed E-state index contributed by atoms with van der Waals surface area (Å²) in [7, 11) is 3.28. The van der Waals surface area contributed by atoms with Crippen molar-refractivity contribution in [2.24, 2.45) is 0 Å². The Morgan fingerprint density at radius 3 is 2.50 bits per heavy atom. The lowest BCUT2D eigenvalue weighted by molar-refractivity contribution is 0.406. The Hall–Kier alpha value is -3.41. The van der Waals surface area contributed by atoms with Gasteiger partial charge in [0.15, 0.2) is 0 Å². The number of anilines is 2. The second kappa shape index (κ2) is 6.48. The van der Waals surface area contributed by atoms with Gasteiger partial charge in [-0.15, -0.1) is 0 Å². The van der Waals surface area contributed by atoms with Crippen LogP contribution in [0.3, 0.4) is 0 Å². The van der Waals surface area contributed by atoms with Crippen LogP contribution in [0.1, 0.15) is 17.3 Å². The maximum Gasteiger partial charge on any atom is 0.205 e. The van der Waals surface area contributed by atoms with Gasteiger partial charge in [0.1, 0.15) is 23.5 Å². The van der Waals surface area contributed by atoms with Gasteiger partial charge in [0.25, 0.3) is 0 Å². The van der Waals surface area contributed by atoms with Crippen molar-refractivity contribution < 1.29 is 13.9 Å². The van der Waals surface area contributed by atoms with Gasteiger partial charge in [0.2, 0.25) is 5.88 Å². The molecule has 1 aliphatic rings. The van der Waals surface area contributed by atoms with Crippen molar-refractivity contribution in [3.8, 4) is 11.5 Å². The number of nitrogens with one attached hydrogen (secondary N) is 2. The summed E-state index contributed by atoms with van der Waals surface area (Å²) in [5.41, 5.74) is 2.50. The minimum atomic E-state index is -0.342. The molecule has 4 rings (SSSR count). The topological polar surface area (TPSA) is 70.7 Å². The molecule has 6 nitrogen and oxygen atoms in total. The fourth-order valence-corrected chi connectivity index (χ4v) is 3.19. The lowest BCUT2D eigenvalue weighted by Crippen LogP contribution is -2.42. The zero-order chi connectivity index (χ0) is 18.1. The van der Waals surface area contributed by atoms with Crippen LogP contribution in [0.2, 0.25) is 0 Å². The molecular formula is C20H19N3O3. The molecule has 1 unspecified atom stereocenters. The van der Waals surface area contributed by atoms with Gasteiger partial charge in [-0.05, 0) is 36.4 Å². The number of methoxy groups -OCH3 is 2. The van der Waals surface area contributed by atoms with Crippen molar-refractivity contribution in [1.29, 1.82) is 5.41 Å². The van der Waals surface area contributed by atoms with Crippen LogP contribution in [-0.2, 0) is 0 Å². The standard InChI is InChI=1S/C20H19N3O3/c1-24-14-9-7-13(8-10-14)23-18(21)16-11-12-26-20(16)22-19(23)15-5-3-4-6-17(15)25-2/h3-12,19,21-22H,1-2H3. The summed E-state index contributed by atoms with van der Waals surface area (Å²) in [5.74, 6) is 2.44. The monoisotopic (exact) mass is 349 g/mol. The fraction of sp³-hybridized carbons (Fsp3) is 0.150. The van der Waals surface area contributed by atoms with Gasteiger partial charge >= 0.3 is 0 Å². The third-order valence-corrected chi connectivity index (χ3v) is 4.47. The number of rotatable bonds is 4. The van der Waals surface area contributed by atoms with Gasteiger partial charge < -0.3 is 24.1 Å². The Kier molecular flexibility index (Phi) is 4.01. The summed E-state index contributed by atoms with van der Waals surface area (Å²) in [4.78, 5) is 1.91. The molecule has 2 N–H and O–H groups in total. The van der Waals surface area contributed by atoms with E-state index < -0.39 is 0 Å². The Labute approximate surface area is 151 Å². The highest BCUT2D eigenvalue weighted by Crippen LogP contribution is 2.40. The van der Waals surface area contributed by atoms with Crippen LogP contribution in [0.5, 0.6) is 11.5 Å². The van der Waals surface area contributed by atoms with Gasteiger partial charge in [-0.2, -0.15) is 0 Å². The predicted octanol–water partition coefficient (Wildman–Crippen LogP) is 4.25. The van der Waals surface area contributed by atoms with E-state index in [4.69, 9.17) is 19.3 Å². The second-order valence-electron chi connectivity index (χ2n) is 5.87. The normalized spacial score (nSPS) is 16.0. The number of hydrogen-bond donors (Lipinski definition) is 2. The molecule has 0 aliphatic carbocycles. The van der Waals surface area contributed by atoms with Crippen LogP contribution in [0.4, 0.5) is 11.6 Å². The maximum absolute atomic E-state index is 8.74. The van der Waals surface area contributed by atoms with Crippen LogP contribution in [0.15, 0.2) is 65.3 Å². The van der Waals surface area contributed by atoms with Gasteiger partial charge in [0, 0.05) is 11.3 Å². The van der Waals surface area contributed by atoms with Crippen LogP contribution in [-0.4, -0.2) is 20.1 Å². The number of ether oxygens (including phenoxy) is 2. The molecule has 26 heavy (non-hydrogen) atoms. The van der Waals surface area contributed by atoms with E-state index in [-0.39, 0.29) is 6.17 Å². The minimum absolute atomic E-state index is 0.342. The van der Waals surface area contributed by atoms with E-state index in [1.54, 1.807) is 26.5 Å². The smallest absolute Gasteiger partial charge is 0.205 e. The zero-order valence-corrected chi connectivity index (χ0v) is 14.5. The first-order valence-electron chi connectivity index (χ1n) is 8.22. The molecule has 2 heterocycles. The van der Waals surface area contributed by atoms with Gasteiger partial charge in [-0.3, -0.25) is 5.41 Å². The highest BCUT2D eigenvalue weighted by atomic mass is 16.5. The third-order valence-electron chi connectivity index (χ3n) is 4.47. The molecule has 1 aliphatic heterocycles. The quantitative estimate of drug-likeness (QED) is 0.737. The SMILES string of the molecule is COc1ccc(N2C(=N)c3ccoc3NC2c2ccccc2OC)cc1. The van der Waals surface area contributed by atoms with Gasteiger partial charge in [-0.1, -0.05) is 18.2 Å². The number of nitrogens with zero attached hydrogens (tertiary/aromatic N) is 1. The molecule has 0 amide bonds. The number of benzene rings is 2. The Balaban J connectivity index is 1.84. The molecule has 0 saturated carbocycles. The summed E-state index contributed by atoms with van der Waals surface area (Å²) < 4.78 is 16.3. The number of fused-ring (bicyclic) bond motifs is 1. The van der Waals surface area contributed by atoms with E-state index in [2.05, 4.69) is 5.32 Å². The van der Waals surface area contributed by atoms with Crippen molar-refractivity contribution in [2.45, 2.75) is 6.17 Å². The summed E-state index contributed by atoms with van der Waals surface area (Å²) in [6.07, 6.45) is 1.24. The van der Waals surface area contributed by atoms with E-state index in [9.17, 15) is 0 Å². The Bertz CT molecular complexity index is 933. The summed E-state index contributed by atoms with van der Waals surface area (Å²) in [6.45, 7) is 0. The molecule has 0 fully saturated rings. The van der Waals surface area contributed by atoms with Crippen LogP contribution in [0.25, 0.3) is 0 Å². The second-order valence-corrected chi connectivity index (χ2v) is 5.87. The summed E-state index contributed by atoms with van der Waals surface area (Å²) >= 11 is 0. The molecular weight excluding hydrogens is 330 g/mol. The van der Waals surface area contributed by atoms with Crippen LogP contribution >= 0.6 is 0 Å². The highest BCUT2D eigenvalue weighted by molar-refractivity contribution is 6.13. The first-order chi connectivity index (χ1) is 12.7. The number of para-hydroxylation sites is 1. The Morgan fingerprint density at radius 2 is 1.77 bits per heavy atom. The molecule has 0 radical (unpaired) electrons. The summed E-state index contributed by atoms with van der Waals surface area (Å²) in [6, 6.07) is 17.2. The maximum atomic E-state index is 8.74. The largest absolute Gasteiger partial charge is 0.497 e. The van der Waals surface area contributed by atoms with Crippen molar-refractivity contribution >= 4 is 17.4 Å². The van der Waals surface area contributed by atoms with E-state index in [0.717, 1.165) is 22.7 Å². The number of furan rings is 1. The average Bonchev–Trinajstić information content (AvgIpc) is 3.17. The van der Waals surface area contributed by atoms with Crippen molar-refractivity contribution in [1.82, 2.24) is 0 Å². The molecule has 132 valence electrons. The number of hydrogen-bond acceptors (Lipinski definition) is 5. The van der Waals surface area contributed by atoms with E-state index in [1.165, 1.54) is 0 Å². The van der Waals surface area contributed by atoms with Crippen molar-refractivity contribution in [3.63, 3.8) is 0 Å². The van der Waals surface area contributed by atoms with E-state index in [1.807, 2.05) is 53.4 Å². The predicted molar refractivity (Wildman–Crippen MR) is 100 cm³/mol. The third kappa shape index (κ3) is 2.56. The lowest BCUT2D eigenvalue weighted by atomic mass is 10.0. The molecule has 0 bridgehead atoms. The van der Waals surface area contributed by atoms with Gasteiger partial charge in [0.05, 0.1) is 26.0 Å². The van der Waals surface area contributed by atoms with Crippen LogP contribution < -0.4 is 19.7 Å². The van der Waals surface area contributed by atoms with Crippen molar-refractivity contribution in [3.05, 3.63) is 72.0 Å². The minimum Gasteiger partial charge on any atom is -0.497 e. The van der Waals surface area contributed by atoms with E-state index >= 15 is 0 Å². The molecule has 1 aromatic heterocycles. The molecule has 0 spiro atoms. The highest BCUT2D eigenvalue weighted by Gasteiger charge is 2.35. The first kappa shape index (κ1) is 16.1. The van der Waals surface area contributed by atoms with Crippen LogP contribution in [0, 0.1) is 5.41 Å². The molecule has 2 aromatic carbocycles. The molecule has 0 saturated heterocycles. The summed E-state index contributed by atoms with van der Waals surface area (Å²) in [5, 5.41) is 12.1. The molecule has 6 heteroatoms. The lowest BCUT2D eigenvalue weighted by Gasteiger charge is -2.38.